The van der Waals surface area contributed by atoms with Crippen molar-refractivity contribution in [1.82, 2.24) is 14.5 Å². The van der Waals surface area contributed by atoms with Crippen LogP contribution < -0.4 is 0 Å². The van der Waals surface area contributed by atoms with Gasteiger partial charge in [0.25, 0.3) is 0 Å². The van der Waals surface area contributed by atoms with Crippen molar-refractivity contribution in [3.63, 3.8) is 0 Å². The lowest BCUT2D eigenvalue weighted by Gasteiger charge is -2.03. The van der Waals surface area contributed by atoms with Gasteiger partial charge in [0, 0.05) is 28.3 Å². The molecule has 0 saturated heterocycles. The zero-order valence-electron chi connectivity index (χ0n) is 9.56. The fourth-order valence-electron chi connectivity index (χ4n) is 2.01. The molecule has 5 heteroatoms. The lowest BCUT2D eigenvalue weighted by Crippen LogP contribution is -1.91. The molecule has 0 aliphatic carbocycles. The summed E-state index contributed by atoms with van der Waals surface area (Å²) in [5, 5.41) is 1.70. The summed E-state index contributed by atoms with van der Waals surface area (Å²) in [6.07, 6.45) is 3.55. The molecule has 0 fully saturated rings. The second kappa shape index (κ2) is 4.37. The molecule has 2 heterocycles. The van der Waals surface area contributed by atoms with Crippen molar-refractivity contribution in [2.75, 3.05) is 0 Å². The molecule has 1 aromatic carbocycles. The largest absolute Gasteiger partial charge is 0.334 e. The summed E-state index contributed by atoms with van der Waals surface area (Å²) in [5.41, 5.74) is 2.77. The first kappa shape index (κ1) is 11.7. The Balaban J connectivity index is 2.36. The van der Waals surface area contributed by atoms with Crippen molar-refractivity contribution in [1.29, 1.82) is 0 Å². The molecule has 0 aliphatic rings. The summed E-state index contributed by atoms with van der Waals surface area (Å²) in [6, 6.07) is 7.67. The Labute approximate surface area is 118 Å². The zero-order valence-corrected chi connectivity index (χ0v) is 11.9. The van der Waals surface area contributed by atoms with Gasteiger partial charge in [-0.1, -0.05) is 23.7 Å². The molecule has 0 bridgehead atoms. The van der Waals surface area contributed by atoms with Crippen molar-refractivity contribution in [3.05, 3.63) is 46.3 Å². The highest BCUT2D eigenvalue weighted by Gasteiger charge is 2.13. The van der Waals surface area contributed by atoms with E-state index in [9.17, 15) is 0 Å². The van der Waals surface area contributed by atoms with E-state index < -0.39 is 0 Å². The highest BCUT2D eigenvalue weighted by Crippen LogP contribution is 2.32. The number of hydrogen-bond acceptors (Lipinski definition) is 2. The minimum atomic E-state index is 0.700. The molecule has 90 valence electrons. The summed E-state index contributed by atoms with van der Waals surface area (Å²) in [6.45, 7) is 0. The summed E-state index contributed by atoms with van der Waals surface area (Å²) in [5.74, 6) is 0. The molecule has 0 radical (unpaired) electrons. The van der Waals surface area contributed by atoms with E-state index in [1.165, 1.54) is 0 Å². The van der Waals surface area contributed by atoms with E-state index in [-0.39, 0.29) is 0 Å². The molecule has 0 aliphatic heterocycles. The van der Waals surface area contributed by atoms with E-state index in [1.54, 1.807) is 6.33 Å². The van der Waals surface area contributed by atoms with Crippen LogP contribution in [0.2, 0.25) is 5.02 Å². The Morgan fingerprint density at radius 3 is 2.89 bits per heavy atom. The first-order valence-corrected chi connectivity index (χ1v) is 6.55. The normalized spacial score (nSPS) is 11.1. The van der Waals surface area contributed by atoms with Crippen LogP contribution in [0.3, 0.4) is 0 Å². The van der Waals surface area contributed by atoms with Crippen LogP contribution in [0.4, 0.5) is 0 Å². The number of aryl methyl sites for hydroxylation is 1. The molecule has 18 heavy (non-hydrogen) atoms. The third kappa shape index (κ3) is 1.82. The van der Waals surface area contributed by atoms with Crippen molar-refractivity contribution < 1.29 is 0 Å². The van der Waals surface area contributed by atoms with Gasteiger partial charge in [-0.2, -0.15) is 0 Å². The molecule has 3 rings (SSSR count). The Morgan fingerprint density at radius 1 is 1.28 bits per heavy atom. The number of aromatic nitrogens is 3. The standard InChI is InChI=1S/C13H9BrClN3/c1-18-6-10(14)11-12(16-7-17-13(11)18)8-3-2-4-9(15)5-8/h2-7H,1H3. The third-order valence-corrected chi connectivity index (χ3v) is 3.64. The van der Waals surface area contributed by atoms with Crippen LogP contribution in [0.15, 0.2) is 41.3 Å². The number of halogens is 2. The van der Waals surface area contributed by atoms with Crippen molar-refractivity contribution in [2.24, 2.45) is 7.05 Å². The molecule has 3 nitrogen and oxygen atoms in total. The first-order chi connectivity index (χ1) is 8.66. The quantitative estimate of drug-likeness (QED) is 0.676. The van der Waals surface area contributed by atoms with Crippen LogP contribution in [0.1, 0.15) is 0 Å². The Morgan fingerprint density at radius 2 is 2.11 bits per heavy atom. The smallest absolute Gasteiger partial charge is 0.144 e. The molecular formula is C13H9BrClN3. The average Bonchev–Trinajstić information content (AvgIpc) is 2.65. The van der Waals surface area contributed by atoms with E-state index in [4.69, 9.17) is 11.6 Å². The summed E-state index contributed by atoms with van der Waals surface area (Å²) < 4.78 is 2.95. The Kier molecular flexibility index (Phi) is 2.84. The van der Waals surface area contributed by atoms with Gasteiger partial charge >= 0.3 is 0 Å². The number of nitrogens with zero attached hydrogens (tertiary/aromatic N) is 3. The van der Waals surface area contributed by atoms with E-state index in [0.717, 1.165) is 26.8 Å². The number of rotatable bonds is 1. The highest BCUT2D eigenvalue weighted by atomic mass is 79.9. The molecule has 0 atom stereocenters. The topological polar surface area (TPSA) is 30.7 Å². The van der Waals surface area contributed by atoms with Gasteiger partial charge in [-0.05, 0) is 28.1 Å². The second-order valence-corrected chi connectivity index (χ2v) is 5.31. The van der Waals surface area contributed by atoms with E-state index in [2.05, 4.69) is 25.9 Å². The molecule has 0 spiro atoms. The predicted octanol–water partition coefficient (Wildman–Crippen LogP) is 4.05. The van der Waals surface area contributed by atoms with Crippen LogP contribution in [-0.2, 0) is 7.05 Å². The van der Waals surface area contributed by atoms with Gasteiger partial charge in [0.2, 0.25) is 0 Å². The molecule has 0 amide bonds. The maximum Gasteiger partial charge on any atom is 0.144 e. The molecule has 0 unspecified atom stereocenters. The monoisotopic (exact) mass is 321 g/mol. The highest BCUT2D eigenvalue weighted by molar-refractivity contribution is 9.10. The van der Waals surface area contributed by atoms with E-state index >= 15 is 0 Å². The fourth-order valence-corrected chi connectivity index (χ4v) is 2.88. The van der Waals surface area contributed by atoms with Crippen LogP contribution in [-0.4, -0.2) is 14.5 Å². The predicted molar refractivity (Wildman–Crippen MR) is 76.7 cm³/mol. The van der Waals surface area contributed by atoms with Gasteiger partial charge in [0.1, 0.15) is 12.0 Å². The summed E-state index contributed by atoms with van der Waals surface area (Å²) in [7, 11) is 1.96. The maximum absolute atomic E-state index is 6.03. The Hall–Kier alpha value is -1.39. The first-order valence-electron chi connectivity index (χ1n) is 5.38. The second-order valence-electron chi connectivity index (χ2n) is 4.02. The van der Waals surface area contributed by atoms with Gasteiger partial charge in [-0.25, -0.2) is 9.97 Å². The van der Waals surface area contributed by atoms with Crippen LogP contribution in [0.5, 0.6) is 0 Å². The lowest BCUT2D eigenvalue weighted by molar-refractivity contribution is 0.942. The third-order valence-electron chi connectivity index (χ3n) is 2.81. The van der Waals surface area contributed by atoms with Crippen molar-refractivity contribution in [3.8, 4) is 11.3 Å². The van der Waals surface area contributed by atoms with Crippen LogP contribution in [0.25, 0.3) is 22.3 Å². The molecule has 3 aromatic rings. The Bertz CT molecular complexity index is 736. The van der Waals surface area contributed by atoms with Crippen molar-refractivity contribution in [2.45, 2.75) is 0 Å². The van der Waals surface area contributed by atoms with Gasteiger partial charge in [-0.15, -0.1) is 0 Å². The van der Waals surface area contributed by atoms with E-state index in [0.29, 0.717) is 5.02 Å². The van der Waals surface area contributed by atoms with Crippen LogP contribution in [0, 0.1) is 0 Å². The molecular weight excluding hydrogens is 314 g/mol. The fraction of sp³-hybridized carbons (Fsp3) is 0.0769. The maximum atomic E-state index is 6.03. The lowest BCUT2D eigenvalue weighted by atomic mass is 10.1. The van der Waals surface area contributed by atoms with Gasteiger partial charge in [-0.3, -0.25) is 0 Å². The SMILES string of the molecule is Cn1cc(Br)c2c(-c3cccc(Cl)c3)ncnc21. The van der Waals surface area contributed by atoms with Gasteiger partial charge < -0.3 is 4.57 Å². The van der Waals surface area contributed by atoms with Gasteiger partial charge in [0.05, 0.1) is 11.1 Å². The molecule has 0 saturated carbocycles. The summed E-state index contributed by atoms with van der Waals surface area (Å²) >= 11 is 9.58. The van der Waals surface area contributed by atoms with Gasteiger partial charge in [0.15, 0.2) is 0 Å². The average molecular weight is 323 g/mol. The number of fused-ring (bicyclic) bond motifs is 1. The van der Waals surface area contributed by atoms with Crippen molar-refractivity contribution >= 4 is 38.6 Å². The minimum Gasteiger partial charge on any atom is -0.334 e. The minimum absolute atomic E-state index is 0.700. The summed E-state index contributed by atoms with van der Waals surface area (Å²) in [4.78, 5) is 8.68. The molecule has 0 N–H and O–H groups in total. The number of benzene rings is 1. The zero-order chi connectivity index (χ0) is 12.7. The van der Waals surface area contributed by atoms with Crippen LogP contribution >= 0.6 is 27.5 Å². The molecule has 2 aromatic heterocycles. The number of hydrogen-bond donors (Lipinski definition) is 0. The van der Waals surface area contributed by atoms with E-state index in [1.807, 2.05) is 42.1 Å².